The van der Waals surface area contributed by atoms with Gasteiger partial charge in [-0.25, -0.2) is 0 Å². The number of benzene rings is 2. The fraction of sp³-hybridized carbons (Fsp3) is 0.462. The van der Waals surface area contributed by atoms with Crippen molar-refractivity contribution in [2.24, 2.45) is 0 Å². The van der Waals surface area contributed by atoms with Crippen molar-refractivity contribution >= 4 is 5.57 Å². The fourth-order valence-corrected chi connectivity index (χ4v) is 4.81. The third-order valence-electron chi connectivity index (χ3n) is 6.24. The highest BCUT2D eigenvalue weighted by Gasteiger charge is 2.36. The van der Waals surface area contributed by atoms with Crippen molar-refractivity contribution in [2.45, 2.75) is 64.6 Å². The van der Waals surface area contributed by atoms with E-state index in [4.69, 9.17) is 4.74 Å². The largest absolute Gasteiger partial charge is 0.378 e. The van der Waals surface area contributed by atoms with Gasteiger partial charge in [-0.2, -0.15) is 0 Å². The monoisotopic (exact) mass is 375 g/mol. The maximum atomic E-state index is 5.96. The van der Waals surface area contributed by atoms with Crippen molar-refractivity contribution in [2.75, 3.05) is 13.2 Å². The van der Waals surface area contributed by atoms with Crippen LogP contribution >= 0.6 is 0 Å². The summed E-state index contributed by atoms with van der Waals surface area (Å²) in [5.41, 5.74) is 7.43. The van der Waals surface area contributed by atoms with E-state index in [-0.39, 0.29) is 0 Å². The Kier molecular flexibility index (Phi) is 5.70. The van der Waals surface area contributed by atoms with Gasteiger partial charge < -0.3 is 4.74 Å². The van der Waals surface area contributed by atoms with E-state index in [9.17, 15) is 0 Å². The van der Waals surface area contributed by atoms with E-state index in [1.807, 2.05) is 0 Å². The highest BCUT2D eigenvalue weighted by molar-refractivity contribution is 5.74. The molecule has 0 saturated carbocycles. The van der Waals surface area contributed by atoms with E-state index in [1.165, 1.54) is 27.8 Å². The second kappa shape index (κ2) is 8.23. The minimum atomic E-state index is 0.364. The number of morpholine rings is 1. The molecule has 4 rings (SSSR count). The van der Waals surface area contributed by atoms with Crippen LogP contribution in [0.5, 0.6) is 0 Å². The SMILES string of the molecule is CC(C)c1cccc(C(C)C)c1C1=CC2COCC(C1)N2Cc1ccccc1. The van der Waals surface area contributed by atoms with Crippen LogP contribution in [0.3, 0.4) is 0 Å². The van der Waals surface area contributed by atoms with E-state index in [1.54, 1.807) is 0 Å². The van der Waals surface area contributed by atoms with E-state index in [2.05, 4.69) is 87.2 Å². The molecule has 2 aliphatic rings. The van der Waals surface area contributed by atoms with E-state index in [0.29, 0.717) is 23.9 Å². The van der Waals surface area contributed by atoms with Crippen LogP contribution in [0.4, 0.5) is 0 Å². The smallest absolute Gasteiger partial charge is 0.0658 e. The highest BCUT2D eigenvalue weighted by atomic mass is 16.5. The molecular weight excluding hydrogens is 342 g/mol. The molecule has 2 aliphatic heterocycles. The van der Waals surface area contributed by atoms with Gasteiger partial charge in [0.2, 0.25) is 0 Å². The normalized spacial score (nSPS) is 22.6. The summed E-state index contributed by atoms with van der Waals surface area (Å²) in [4.78, 5) is 2.65. The molecule has 0 amide bonds. The van der Waals surface area contributed by atoms with Crippen molar-refractivity contribution in [3.05, 3.63) is 76.9 Å². The van der Waals surface area contributed by atoms with E-state index in [0.717, 1.165) is 26.2 Å². The summed E-state index contributed by atoms with van der Waals surface area (Å²) in [5.74, 6) is 1.07. The zero-order chi connectivity index (χ0) is 19.7. The summed E-state index contributed by atoms with van der Waals surface area (Å²) in [6.07, 6.45) is 3.58. The Bertz CT molecular complexity index is 811. The molecule has 1 saturated heterocycles. The Labute approximate surface area is 170 Å². The van der Waals surface area contributed by atoms with Gasteiger partial charge in [0.25, 0.3) is 0 Å². The molecule has 2 heterocycles. The van der Waals surface area contributed by atoms with Gasteiger partial charge in [-0.15, -0.1) is 0 Å². The zero-order valence-corrected chi connectivity index (χ0v) is 17.7. The Morgan fingerprint density at radius 1 is 0.893 bits per heavy atom. The number of hydrogen-bond donors (Lipinski definition) is 0. The molecule has 2 atom stereocenters. The van der Waals surface area contributed by atoms with Crippen molar-refractivity contribution in [3.63, 3.8) is 0 Å². The summed E-state index contributed by atoms with van der Waals surface area (Å²) in [6.45, 7) is 11.9. The molecule has 0 N–H and O–H groups in total. The average molecular weight is 376 g/mol. The zero-order valence-electron chi connectivity index (χ0n) is 17.7. The highest BCUT2D eigenvalue weighted by Crippen LogP contribution is 2.40. The Hall–Kier alpha value is -1.90. The van der Waals surface area contributed by atoms with Crippen LogP contribution in [0.25, 0.3) is 5.57 Å². The van der Waals surface area contributed by atoms with Crippen LogP contribution in [0.1, 0.15) is 68.2 Å². The number of rotatable bonds is 5. The van der Waals surface area contributed by atoms with E-state index < -0.39 is 0 Å². The molecule has 0 aliphatic carbocycles. The van der Waals surface area contributed by atoms with Crippen molar-refractivity contribution < 1.29 is 4.74 Å². The van der Waals surface area contributed by atoms with Gasteiger partial charge in [-0.3, -0.25) is 4.90 Å². The molecule has 0 aromatic heterocycles. The van der Waals surface area contributed by atoms with Crippen LogP contribution in [-0.2, 0) is 11.3 Å². The lowest BCUT2D eigenvalue weighted by Crippen LogP contribution is -2.53. The fourth-order valence-electron chi connectivity index (χ4n) is 4.81. The number of hydrogen-bond acceptors (Lipinski definition) is 2. The van der Waals surface area contributed by atoms with Crippen molar-refractivity contribution in [1.29, 1.82) is 0 Å². The quantitative estimate of drug-likeness (QED) is 0.636. The maximum Gasteiger partial charge on any atom is 0.0658 e. The first-order valence-electron chi connectivity index (χ1n) is 10.8. The lowest BCUT2D eigenvalue weighted by Gasteiger charge is -2.45. The van der Waals surface area contributed by atoms with Gasteiger partial charge in [-0.1, -0.05) is 82.3 Å². The molecular formula is C26H33NO. The predicted molar refractivity (Wildman–Crippen MR) is 118 cm³/mol. The predicted octanol–water partition coefficient (Wildman–Crippen LogP) is 5.99. The average Bonchev–Trinajstić information content (AvgIpc) is 2.68. The van der Waals surface area contributed by atoms with Crippen LogP contribution in [-0.4, -0.2) is 30.2 Å². The maximum absolute atomic E-state index is 5.96. The molecule has 2 unspecified atom stereocenters. The molecule has 2 bridgehead atoms. The standard InChI is InChI=1S/C26H33NO/c1-18(2)24-11-8-12-25(19(3)4)26(24)21-13-22-16-28-17-23(14-21)27(22)15-20-9-6-5-7-10-20/h5-13,18-19,22-23H,14-17H2,1-4H3. The Balaban J connectivity index is 1.71. The lowest BCUT2D eigenvalue weighted by molar-refractivity contribution is -0.0403. The summed E-state index contributed by atoms with van der Waals surface area (Å²) in [5, 5.41) is 0. The number of fused-ring (bicyclic) bond motifs is 2. The Morgan fingerprint density at radius 3 is 2.18 bits per heavy atom. The minimum absolute atomic E-state index is 0.364. The molecule has 0 radical (unpaired) electrons. The van der Waals surface area contributed by atoms with Gasteiger partial charge in [-0.05, 0) is 46.1 Å². The third-order valence-corrected chi connectivity index (χ3v) is 6.24. The first-order valence-corrected chi connectivity index (χ1v) is 10.8. The van der Waals surface area contributed by atoms with Crippen molar-refractivity contribution in [3.8, 4) is 0 Å². The van der Waals surface area contributed by atoms with E-state index >= 15 is 0 Å². The van der Waals surface area contributed by atoms with Crippen molar-refractivity contribution in [1.82, 2.24) is 4.90 Å². The van der Waals surface area contributed by atoms with Gasteiger partial charge in [0.05, 0.1) is 19.3 Å². The third kappa shape index (κ3) is 3.81. The minimum Gasteiger partial charge on any atom is -0.378 e. The van der Waals surface area contributed by atoms with Crippen LogP contribution in [0, 0.1) is 0 Å². The van der Waals surface area contributed by atoms with Crippen LogP contribution in [0.2, 0.25) is 0 Å². The number of ether oxygens (including phenoxy) is 1. The first kappa shape index (κ1) is 19.4. The van der Waals surface area contributed by atoms with Crippen LogP contribution < -0.4 is 0 Å². The second-order valence-corrected chi connectivity index (χ2v) is 8.93. The summed E-state index contributed by atoms with van der Waals surface area (Å²) in [6, 6.07) is 18.6. The summed E-state index contributed by atoms with van der Waals surface area (Å²) >= 11 is 0. The first-order chi connectivity index (χ1) is 13.5. The van der Waals surface area contributed by atoms with Gasteiger partial charge in [0, 0.05) is 12.6 Å². The lowest BCUT2D eigenvalue weighted by atomic mass is 9.80. The number of nitrogens with zero attached hydrogens (tertiary/aromatic N) is 1. The molecule has 2 nitrogen and oxygen atoms in total. The molecule has 2 aromatic rings. The Morgan fingerprint density at radius 2 is 1.57 bits per heavy atom. The molecule has 0 spiro atoms. The molecule has 28 heavy (non-hydrogen) atoms. The molecule has 1 fully saturated rings. The van der Waals surface area contributed by atoms with Gasteiger partial charge in [0.15, 0.2) is 0 Å². The van der Waals surface area contributed by atoms with Gasteiger partial charge in [0.1, 0.15) is 0 Å². The second-order valence-electron chi connectivity index (χ2n) is 8.93. The molecule has 148 valence electrons. The molecule has 2 heteroatoms. The topological polar surface area (TPSA) is 12.5 Å². The summed E-state index contributed by atoms with van der Waals surface area (Å²) in [7, 11) is 0. The molecule has 2 aromatic carbocycles. The summed E-state index contributed by atoms with van der Waals surface area (Å²) < 4.78 is 5.96. The van der Waals surface area contributed by atoms with Crippen LogP contribution in [0.15, 0.2) is 54.6 Å². The van der Waals surface area contributed by atoms with Gasteiger partial charge >= 0.3 is 0 Å².